The molecular weight excluding hydrogens is 560 g/mol. The molecule has 6 aromatic rings. The molecule has 0 saturated carbocycles. The Morgan fingerprint density at radius 1 is 0.326 bits per heavy atom. The van der Waals surface area contributed by atoms with Crippen LogP contribution in [0.1, 0.15) is 0 Å². The topological polar surface area (TPSA) is 71.1 Å². The van der Waals surface area contributed by atoms with Gasteiger partial charge in [0, 0.05) is 12.1 Å². The summed E-state index contributed by atoms with van der Waals surface area (Å²) in [6.07, 6.45) is 0. The van der Waals surface area contributed by atoms with Gasteiger partial charge in [0.1, 0.15) is 55.8 Å². The van der Waals surface area contributed by atoms with E-state index in [4.69, 9.17) is 18.9 Å². The van der Waals surface area contributed by atoms with E-state index in [0.29, 0.717) is 34.5 Å². The number of benzene rings is 6. The number of sulfone groups is 1. The van der Waals surface area contributed by atoms with E-state index in [1.807, 2.05) is 72.8 Å². The fourth-order valence-corrected chi connectivity index (χ4v) is 5.82. The molecule has 6 rings (SSSR count). The van der Waals surface area contributed by atoms with Crippen LogP contribution in [0.4, 0.5) is 0 Å². The lowest BCUT2D eigenvalue weighted by molar-refractivity contribution is 0.450. The lowest BCUT2D eigenvalue weighted by Crippen LogP contribution is -2.07. The highest BCUT2D eigenvalue weighted by Crippen LogP contribution is 2.42. The molecular formula is C36H26O6S. The summed E-state index contributed by atoms with van der Waals surface area (Å²) in [6.45, 7) is 0. The van der Waals surface area contributed by atoms with Crippen molar-refractivity contribution in [3.05, 3.63) is 158 Å². The third kappa shape index (κ3) is 6.69. The molecule has 0 aliphatic heterocycles. The Labute approximate surface area is 250 Å². The van der Waals surface area contributed by atoms with Crippen molar-refractivity contribution in [1.29, 1.82) is 0 Å². The smallest absolute Gasteiger partial charge is 0.214 e. The normalized spacial score (nSPS) is 11.0. The maximum absolute atomic E-state index is 14.6. The van der Waals surface area contributed by atoms with E-state index in [1.165, 1.54) is 12.1 Å². The summed E-state index contributed by atoms with van der Waals surface area (Å²) in [5.74, 6) is 3.01. The average Bonchev–Trinajstić information content (AvgIpc) is 3.04. The number of para-hydroxylation sites is 4. The molecule has 6 nitrogen and oxygen atoms in total. The molecule has 0 heterocycles. The van der Waals surface area contributed by atoms with Gasteiger partial charge in [0.25, 0.3) is 0 Å². The van der Waals surface area contributed by atoms with Gasteiger partial charge in [-0.1, -0.05) is 72.8 Å². The van der Waals surface area contributed by atoms with E-state index in [-0.39, 0.29) is 21.3 Å². The van der Waals surface area contributed by atoms with Gasteiger partial charge in [0.2, 0.25) is 9.84 Å². The zero-order chi connectivity index (χ0) is 29.5. The maximum atomic E-state index is 14.6. The van der Waals surface area contributed by atoms with Crippen LogP contribution in [-0.2, 0) is 9.84 Å². The molecule has 0 amide bonds. The molecule has 212 valence electrons. The Kier molecular flexibility index (Phi) is 8.06. The van der Waals surface area contributed by atoms with Crippen molar-refractivity contribution in [2.24, 2.45) is 0 Å². The van der Waals surface area contributed by atoms with Crippen LogP contribution in [0.25, 0.3) is 0 Å². The largest absolute Gasteiger partial charge is 0.457 e. The summed E-state index contributed by atoms with van der Waals surface area (Å²) in [6, 6.07) is 45.6. The van der Waals surface area contributed by atoms with Gasteiger partial charge in [-0.05, 0) is 72.8 Å². The second-order valence-corrected chi connectivity index (χ2v) is 11.3. The van der Waals surface area contributed by atoms with Crippen molar-refractivity contribution in [3.63, 3.8) is 0 Å². The summed E-state index contributed by atoms with van der Waals surface area (Å²) in [5.41, 5.74) is 0. The molecule has 0 atom stereocenters. The van der Waals surface area contributed by atoms with E-state index in [2.05, 4.69) is 0 Å². The molecule has 0 spiro atoms. The van der Waals surface area contributed by atoms with Crippen molar-refractivity contribution in [2.45, 2.75) is 9.79 Å². The van der Waals surface area contributed by atoms with Crippen LogP contribution in [0.5, 0.6) is 46.0 Å². The Balaban J connectivity index is 1.47. The third-order valence-electron chi connectivity index (χ3n) is 6.31. The maximum Gasteiger partial charge on any atom is 0.214 e. The predicted octanol–water partition coefficient (Wildman–Crippen LogP) is 9.69. The molecule has 0 aliphatic carbocycles. The molecule has 0 saturated heterocycles. The lowest BCUT2D eigenvalue weighted by Gasteiger charge is -2.17. The minimum Gasteiger partial charge on any atom is -0.457 e. The SMILES string of the molecule is O=S(=O)(c1cc(Oc2ccccc2)ccc1Oc1ccccc1)c1cc(Oc2ccccc2)ccc1Oc1ccccc1. The third-order valence-corrected chi connectivity index (χ3v) is 8.11. The molecule has 0 aliphatic rings. The first-order valence-electron chi connectivity index (χ1n) is 13.5. The van der Waals surface area contributed by atoms with E-state index in [1.54, 1.807) is 72.8 Å². The van der Waals surface area contributed by atoms with E-state index in [9.17, 15) is 8.42 Å². The predicted molar refractivity (Wildman–Crippen MR) is 164 cm³/mol. The van der Waals surface area contributed by atoms with Crippen LogP contribution < -0.4 is 18.9 Å². The monoisotopic (exact) mass is 586 g/mol. The summed E-state index contributed by atoms with van der Waals surface area (Å²) in [5, 5.41) is 0. The first kappa shape index (κ1) is 27.6. The first-order valence-corrected chi connectivity index (χ1v) is 15.0. The minimum absolute atomic E-state index is 0.0976. The quantitative estimate of drug-likeness (QED) is 0.159. The van der Waals surface area contributed by atoms with Gasteiger partial charge < -0.3 is 18.9 Å². The van der Waals surface area contributed by atoms with Gasteiger partial charge >= 0.3 is 0 Å². The van der Waals surface area contributed by atoms with Gasteiger partial charge in [-0.15, -0.1) is 0 Å². The Morgan fingerprint density at radius 2 is 0.628 bits per heavy atom. The fourth-order valence-electron chi connectivity index (χ4n) is 4.29. The number of hydrogen-bond acceptors (Lipinski definition) is 6. The Bertz CT molecular complexity index is 1780. The van der Waals surface area contributed by atoms with Crippen molar-refractivity contribution >= 4 is 9.84 Å². The molecule has 0 bridgehead atoms. The van der Waals surface area contributed by atoms with Gasteiger partial charge in [-0.25, -0.2) is 8.42 Å². The Morgan fingerprint density at radius 3 is 0.953 bits per heavy atom. The highest BCUT2D eigenvalue weighted by molar-refractivity contribution is 7.91. The van der Waals surface area contributed by atoms with Gasteiger partial charge in [0.05, 0.1) is 0 Å². The summed E-state index contributed by atoms with van der Waals surface area (Å²) < 4.78 is 53.4. The zero-order valence-corrected chi connectivity index (χ0v) is 23.7. The molecule has 0 N–H and O–H groups in total. The number of ether oxygens (including phenoxy) is 4. The number of rotatable bonds is 10. The van der Waals surface area contributed by atoms with Crippen LogP contribution in [0.3, 0.4) is 0 Å². The van der Waals surface area contributed by atoms with Crippen LogP contribution in [0.2, 0.25) is 0 Å². The van der Waals surface area contributed by atoms with Gasteiger partial charge in [-0.2, -0.15) is 0 Å². The minimum atomic E-state index is -4.28. The van der Waals surface area contributed by atoms with Crippen LogP contribution in [-0.4, -0.2) is 8.42 Å². The molecule has 0 fully saturated rings. The van der Waals surface area contributed by atoms with Gasteiger partial charge in [-0.3, -0.25) is 0 Å². The summed E-state index contributed by atoms with van der Waals surface area (Å²) in [7, 11) is -4.28. The summed E-state index contributed by atoms with van der Waals surface area (Å²) >= 11 is 0. The molecule has 7 heteroatoms. The second kappa shape index (κ2) is 12.5. The van der Waals surface area contributed by atoms with Crippen LogP contribution in [0, 0.1) is 0 Å². The zero-order valence-electron chi connectivity index (χ0n) is 22.9. The highest BCUT2D eigenvalue weighted by Gasteiger charge is 2.29. The van der Waals surface area contributed by atoms with Crippen LogP contribution >= 0.6 is 0 Å². The van der Waals surface area contributed by atoms with E-state index < -0.39 is 9.84 Å². The molecule has 6 aromatic carbocycles. The lowest BCUT2D eigenvalue weighted by atomic mass is 10.3. The molecule has 0 aromatic heterocycles. The average molecular weight is 587 g/mol. The molecule has 0 radical (unpaired) electrons. The van der Waals surface area contributed by atoms with Crippen molar-refractivity contribution in [3.8, 4) is 46.0 Å². The van der Waals surface area contributed by atoms with E-state index in [0.717, 1.165) is 0 Å². The fraction of sp³-hybridized carbons (Fsp3) is 0. The second-order valence-electron chi connectivity index (χ2n) is 9.38. The molecule has 0 unspecified atom stereocenters. The number of hydrogen-bond donors (Lipinski definition) is 0. The van der Waals surface area contributed by atoms with Gasteiger partial charge in [0.15, 0.2) is 0 Å². The molecule has 43 heavy (non-hydrogen) atoms. The van der Waals surface area contributed by atoms with Crippen LogP contribution in [0.15, 0.2) is 168 Å². The standard InChI is InChI=1S/C36H26O6S/c37-43(38,35-25-31(39-27-13-5-1-6-14-27)21-23-33(35)41-29-17-9-3-10-18-29)36-26-32(40-28-15-7-2-8-16-28)22-24-34(36)42-30-19-11-4-12-20-30/h1-26H. The Hall–Kier alpha value is -5.53. The summed E-state index contributed by atoms with van der Waals surface area (Å²) in [4.78, 5) is -0.195. The van der Waals surface area contributed by atoms with Crippen molar-refractivity contribution < 1.29 is 27.4 Å². The van der Waals surface area contributed by atoms with Crippen molar-refractivity contribution in [1.82, 2.24) is 0 Å². The highest BCUT2D eigenvalue weighted by atomic mass is 32.2. The van der Waals surface area contributed by atoms with Crippen molar-refractivity contribution in [2.75, 3.05) is 0 Å². The van der Waals surface area contributed by atoms with E-state index >= 15 is 0 Å². The first-order chi connectivity index (χ1) is 21.0.